The summed E-state index contributed by atoms with van der Waals surface area (Å²) in [6, 6.07) is 9.86. The van der Waals surface area contributed by atoms with E-state index in [9.17, 15) is 0 Å². The van der Waals surface area contributed by atoms with E-state index < -0.39 is 0 Å². The van der Waals surface area contributed by atoms with Gasteiger partial charge in [0.05, 0.1) is 0 Å². The van der Waals surface area contributed by atoms with Crippen molar-refractivity contribution in [2.24, 2.45) is 5.73 Å². The van der Waals surface area contributed by atoms with Crippen LogP contribution in [0.4, 0.5) is 5.69 Å². The number of pyridine rings is 1. The lowest BCUT2D eigenvalue weighted by atomic mass is 10.1. The second-order valence-electron chi connectivity index (χ2n) is 4.15. The quantitative estimate of drug-likeness (QED) is 0.920. The Morgan fingerprint density at radius 3 is 2.61 bits per heavy atom. The molecule has 94 valence electrons. The standard InChI is InChI=1S/C14H16ClN3/c1-18(10-11-5-7-17-8-6-11)14-4-2-3-13(15)12(14)9-16/h2-8H,9-10,16H2,1H3. The lowest BCUT2D eigenvalue weighted by Crippen LogP contribution is -2.19. The minimum absolute atomic E-state index is 0.440. The smallest absolute Gasteiger partial charge is 0.0471 e. The number of halogens is 1. The normalized spacial score (nSPS) is 10.4. The molecule has 0 aliphatic carbocycles. The maximum Gasteiger partial charge on any atom is 0.0471 e. The summed E-state index contributed by atoms with van der Waals surface area (Å²) in [6.07, 6.45) is 3.59. The van der Waals surface area contributed by atoms with E-state index >= 15 is 0 Å². The molecule has 2 aromatic rings. The van der Waals surface area contributed by atoms with Gasteiger partial charge < -0.3 is 10.6 Å². The summed E-state index contributed by atoms with van der Waals surface area (Å²) < 4.78 is 0. The first-order valence-electron chi connectivity index (χ1n) is 5.80. The first-order valence-corrected chi connectivity index (χ1v) is 6.17. The number of anilines is 1. The van der Waals surface area contributed by atoms with E-state index in [0.29, 0.717) is 6.54 Å². The largest absolute Gasteiger partial charge is 0.370 e. The molecule has 2 rings (SSSR count). The summed E-state index contributed by atoms with van der Waals surface area (Å²) in [7, 11) is 2.03. The van der Waals surface area contributed by atoms with Crippen LogP contribution in [0.1, 0.15) is 11.1 Å². The number of aromatic nitrogens is 1. The van der Waals surface area contributed by atoms with E-state index in [2.05, 4.69) is 9.88 Å². The summed E-state index contributed by atoms with van der Waals surface area (Å²) in [5, 5.41) is 0.719. The molecule has 0 bridgehead atoms. The average molecular weight is 262 g/mol. The van der Waals surface area contributed by atoms with Crippen molar-refractivity contribution in [3.63, 3.8) is 0 Å². The van der Waals surface area contributed by atoms with Crippen LogP contribution in [0.5, 0.6) is 0 Å². The third-order valence-corrected chi connectivity index (χ3v) is 3.23. The van der Waals surface area contributed by atoms with Gasteiger partial charge >= 0.3 is 0 Å². The molecule has 18 heavy (non-hydrogen) atoms. The maximum absolute atomic E-state index is 6.16. The molecule has 0 saturated carbocycles. The third-order valence-electron chi connectivity index (χ3n) is 2.88. The minimum atomic E-state index is 0.440. The van der Waals surface area contributed by atoms with Crippen LogP contribution in [-0.2, 0) is 13.1 Å². The fourth-order valence-electron chi connectivity index (χ4n) is 1.95. The molecule has 4 heteroatoms. The summed E-state index contributed by atoms with van der Waals surface area (Å²) in [5.41, 5.74) is 9.02. The zero-order valence-corrected chi connectivity index (χ0v) is 11.1. The molecule has 0 fully saturated rings. The van der Waals surface area contributed by atoms with Gasteiger partial charge in [0.15, 0.2) is 0 Å². The number of benzene rings is 1. The molecular weight excluding hydrogens is 246 g/mol. The highest BCUT2D eigenvalue weighted by atomic mass is 35.5. The van der Waals surface area contributed by atoms with E-state index in [-0.39, 0.29) is 0 Å². The molecule has 0 aliphatic heterocycles. The number of nitrogens with zero attached hydrogens (tertiary/aromatic N) is 2. The molecule has 1 aromatic carbocycles. The molecule has 0 saturated heterocycles. The SMILES string of the molecule is CN(Cc1ccncc1)c1cccc(Cl)c1CN. The summed E-state index contributed by atoms with van der Waals surface area (Å²) in [4.78, 5) is 6.16. The Hall–Kier alpha value is -1.58. The van der Waals surface area contributed by atoms with Crippen LogP contribution in [-0.4, -0.2) is 12.0 Å². The lowest BCUT2D eigenvalue weighted by Gasteiger charge is -2.22. The van der Waals surface area contributed by atoms with E-state index in [1.807, 2.05) is 37.4 Å². The monoisotopic (exact) mass is 261 g/mol. The van der Waals surface area contributed by atoms with E-state index in [1.165, 1.54) is 5.56 Å². The molecule has 0 aliphatic rings. The van der Waals surface area contributed by atoms with E-state index in [0.717, 1.165) is 22.8 Å². The lowest BCUT2D eigenvalue weighted by molar-refractivity contribution is 0.901. The molecule has 0 amide bonds. The van der Waals surface area contributed by atoms with Crippen LogP contribution >= 0.6 is 11.6 Å². The van der Waals surface area contributed by atoms with Gasteiger partial charge in [-0.1, -0.05) is 17.7 Å². The van der Waals surface area contributed by atoms with Crippen LogP contribution in [0.15, 0.2) is 42.7 Å². The van der Waals surface area contributed by atoms with Gasteiger partial charge in [-0.15, -0.1) is 0 Å². The molecule has 0 unspecified atom stereocenters. The number of rotatable bonds is 4. The Morgan fingerprint density at radius 1 is 1.22 bits per heavy atom. The predicted octanol–water partition coefficient (Wildman–Crippen LogP) is 2.83. The fraction of sp³-hybridized carbons (Fsp3) is 0.214. The predicted molar refractivity (Wildman–Crippen MR) is 75.7 cm³/mol. The van der Waals surface area contributed by atoms with Gasteiger partial charge in [-0.3, -0.25) is 4.98 Å². The molecule has 2 N–H and O–H groups in total. The topological polar surface area (TPSA) is 42.2 Å². The number of hydrogen-bond donors (Lipinski definition) is 1. The zero-order valence-electron chi connectivity index (χ0n) is 10.3. The average Bonchev–Trinajstić information content (AvgIpc) is 2.39. The Morgan fingerprint density at radius 2 is 1.94 bits per heavy atom. The Balaban J connectivity index is 2.24. The molecule has 0 atom stereocenters. The zero-order chi connectivity index (χ0) is 13.0. The minimum Gasteiger partial charge on any atom is -0.370 e. The van der Waals surface area contributed by atoms with Crippen molar-refractivity contribution < 1.29 is 0 Å². The van der Waals surface area contributed by atoms with Gasteiger partial charge in [-0.05, 0) is 29.8 Å². The molecule has 0 spiro atoms. The summed E-state index contributed by atoms with van der Waals surface area (Å²) >= 11 is 6.16. The Kier molecular flexibility index (Phi) is 4.18. The van der Waals surface area contributed by atoms with Crippen molar-refractivity contribution in [1.29, 1.82) is 0 Å². The molecule has 1 heterocycles. The fourth-order valence-corrected chi connectivity index (χ4v) is 2.20. The molecule has 1 aromatic heterocycles. The highest BCUT2D eigenvalue weighted by molar-refractivity contribution is 6.31. The summed E-state index contributed by atoms with van der Waals surface area (Å²) in [6.45, 7) is 1.24. The second kappa shape index (κ2) is 5.85. The highest BCUT2D eigenvalue weighted by Crippen LogP contribution is 2.27. The van der Waals surface area contributed by atoms with Crippen LogP contribution < -0.4 is 10.6 Å². The van der Waals surface area contributed by atoms with Gasteiger partial charge in [-0.2, -0.15) is 0 Å². The van der Waals surface area contributed by atoms with Crippen molar-refractivity contribution in [2.45, 2.75) is 13.1 Å². The highest BCUT2D eigenvalue weighted by Gasteiger charge is 2.09. The Labute approximate surface area is 112 Å². The molecule has 3 nitrogen and oxygen atoms in total. The van der Waals surface area contributed by atoms with Crippen LogP contribution in [0, 0.1) is 0 Å². The van der Waals surface area contributed by atoms with Crippen LogP contribution in [0.25, 0.3) is 0 Å². The summed E-state index contributed by atoms with van der Waals surface area (Å²) in [5.74, 6) is 0. The van der Waals surface area contributed by atoms with Gasteiger partial charge in [0.1, 0.15) is 0 Å². The number of nitrogens with two attached hydrogens (primary N) is 1. The van der Waals surface area contributed by atoms with E-state index in [4.69, 9.17) is 17.3 Å². The Bertz CT molecular complexity index is 514. The number of hydrogen-bond acceptors (Lipinski definition) is 3. The molecular formula is C14H16ClN3. The van der Waals surface area contributed by atoms with Crippen LogP contribution in [0.3, 0.4) is 0 Å². The van der Waals surface area contributed by atoms with Crippen molar-refractivity contribution in [3.8, 4) is 0 Å². The second-order valence-corrected chi connectivity index (χ2v) is 4.56. The first-order chi connectivity index (χ1) is 8.72. The van der Waals surface area contributed by atoms with Gasteiger partial charge in [-0.25, -0.2) is 0 Å². The van der Waals surface area contributed by atoms with Crippen molar-refractivity contribution >= 4 is 17.3 Å². The van der Waals surface area contributed by atoms with Crippen molar-refractivity contribution in [2.75, 3.05) is 11.9 Å². The van der Waals surface area contributed by atoms with Crippen molar-refractivity contribution in [1.82, 2.24) is 4.98 Å². The van der Waals surface area contributed by atoms with Crippen LogP contribution in [0.2, 0.25) is 5.02 Å². The van der Waals surface area contributed by atoms with E-state index in [1.54, 1.807) is 12.4 Å². The first kappa shape index (κ1) is 12.9. The molecule has 0 radical (unpaired) electrons. The van der Waals surface area contributed by atoms with Gasteiger partial charge in [0.2, 0.25) is 0 Å². The maximum atomic E-state index is 6.16. The van der Waals surface area contributed by atoms with Gasteiger partial charge in [0, 0.05) is 48.8 Å². The third kappa shape index (κ3) is 2.81. The van der Waals surface area contributed by atoms with Crippen molar-refractivity contribution in [3.05, 3.63) is 58.9 Å². The van der Waals surface area contributed by atoms with Gasteiger partial charge in [0.25, 0.3) is 0 Å².